The summed E-state index contributed by atoms with van der Waals surface area (Å²) < 4.78 is 0. The lowest BCUT2D eigenvalue weighted by Crippen LogP contribution is -2.44. The molecule has 0 amide bonds. The molecule has 0 saturated carbocycles. The number of nitrogens with zero attached hydrogens (tertiary/aromatic N) is 1. The molecule has 0 spiro atoms. The highest BCUT2D eigenvalue weighted by atomic mass is 16.1. The first-order valence-corrected chi connectivity index (χ1v) is 4.91. The third kappa shape index (κ3) is 1.86. The lowest BCUT2D eigenvalue weighted by atomic mass is 9.85. The lowest BCUT2D eigenvalue weighted by Gasteiger charge is -2.33. The summed E-state index contributed by atoms with van der Waals surface area (Å²) in [5.74, 6) is 1.10. The van der Waals surface area contributed by atoms with Crippen LogP contribution in [0.3, 0.4) is 0 Å². The molecule has 0 aromatic rings. The zero-order valence-electron chi connectivity index (χ0n) is 8.34. The number of carbonyl (C=O) groups excluding carboxylic acids is 1. The Kier molecular flexibility index (Phi) is 3.27. The molecule has 1 fully saturated rings. The summed E-state index contributed by atoms with van der Waals surface area (Å²) in [6, 6.07) is 0. The number of carbonyl (C=O) groups is 1. The average molecular weight is 169 g/mol. The van der Waals surface area contributed by atoms with E-state index in [2.05, 4.69) is 25.8 Å². The first-order valence-electron chi connectivity index (χ1n) is 4.91. The number of hydrogen-bond acceptors (Lipinski definition) is 2. The second-order valence-corrected chi connectivity index (χ2v) is 3.83. The van der Waals surface area contributed by atoms with E-state index in [0.29, 0.717) is 17.6 Å². The van der Waals surface area contributed by atoms with Crippen LogP contribution in [0.25, 0.3) is 0 Å². The van der Waals surface area contributed by atoms with Gasteiger partial charge in [0.15, 0.2) is 0 Å². The van der Waals surface area contributed by atoms with E-state index in [1.165, 1.54) is 0 Å². The molecule has 0 unspecified atom stereocenters. The standard InChI is InChI=1S/C10H19NO/c1-4-8-6-11(3)7-9(5-2)10(8)12/h8-9H,4-7H2,1-3H3/t8-,9+. The maximum Gasteiger partial charge on any atom is 0.141 e. The Morgan fingerprint density at radius 2 is 1.67 bits per heavy atom. The molecular weight excluding hydrogens is 150 g/mol. The molecular formula is C10H19NO. The summed E-state index contributed by atoms with van der Waals surface area (Å²) in [6.45, 7) is 6.14. The Morgan fingerprint density at radius 1 is 1.25 bits per heavy atom. The van der Waals surface area contributed by atoms with Crippen LogP contribution in [0.5, 0.6) is 0 Å². The molecule has 0 aliphatic carbocycles. The van der Waals surface area contributed by atoms with E-state index in [1.54, 1.807) is 0 Å². The fourth-order valence-corrected chi connectivity index (χ4v) is 2.00. The summed E-state index contributed by atoms with van der Waals surface area (Å²) >= 11 is 0. The quantitative estimate of drug-likeness (QED) is 0.625. The molecule has 12 heavy (non-hydrogen) atoms. The van der Waals surface area contributed by atoms with Crippen LogP contribution in [0.1, 0.15) is 26.7 Å². The first kappa shape index (κ1) is 9.72. The Balaban J connectivity index is 2.61. The van der Waals surface area contributed by atoms with Crippen molar-refractivity contribution in [3.05, 3.63) is 0 Å². The number of likely N-dealkylation sites (tertiary alicyclic amines) is 1. The maximum atomic E-state index is 11.7. The molecule has 2 nitrogen and oxygen atoms in total. The van der Waals surface area contributed by atoms with E-state index in [9.17, 15) is 4.79 Å². The van der Waals surface area contributed by atoms with Gasteiger partial charge in [-0.25, -0.2) is 0 Å². The van der Waals surface area contributed by atoms with Gasteiger partial charge in [-0.3, -0.25) is 4.79 Å². The van der Waals surface area contributed by atoms with E-state index < -0.39 is 0 Å². The Labute approximate surface area is 74.9 Å². The molecule has 1 heterocycles. The third-order valence-corrected chi connectivity index (χ3v) is 2.85. The van der Waals surface area contributed by atoms with E-state index in [-0.39, 0.29) is 0 Å². The van der Waals surface area contributed by atoms with Crippen molar-refractivity contribution in [3.8, 4) is 0 Å². The van der Waals surface area contributed by atoms with Gasteiger partial charge < -0.3 is 4.90 Å². The van der Waals surface area contributed by atoms with E-state index in [0.717, 1.165) is 25.9 Å². The van der Waals surface area contributed by atoms with E-state index in [1.807, 2.05) is 0 Å². The van der Waals surface area contributed by atoms with Crippen LogP contribution >= 0.6 is 0 Å². The Hall–Kier alpha value is -0.370. The maximum absolute atomic E-state index is 11.7. The molecule has 0 radical (unpaired) electrons. The van der Waals surface area contributed by atoms with Gasteiger partial charge in [0.1, 0.15) is 5.78 Å². The fourth-order valence-electron chi connectivity index (χ4n) is 2.00. The second kappa shape index (κ2) is 4.04. The number of ketones is 1. The highest BCUT2D eigenvalue weighted by Crippen LogP contribution is 2.21. The van der Waals surface area contributed by atoms with Crippen LogP contribution in [0.4, 0.5) is 0 Å². The first-order chi connectivity index (χ1) is 5.69. The fraction of sp³-hybridized carbons (Fsp3) is 0.900. The molecule has 0 aromatic carbocycles. The van der Waals surface area contributed by atoms with Gasteiger partial charge in [-0.05, 0) is 19.9 Å². The van der Waals surface area contributed by atoms with E-state index in [4.69, 9.17) is 0 Å². The lowest BCUT2D eigenvalue weighted by molar-refractivity contribution is -0.131. The van der Waals surface area contributed by atoms with Crippen molar-refractivity contribution in [2.75, 3.05) is 20.1 Å². The SMILES string of the molecule is CC[C@@H]1CN(C)C[C@H](CC)C1=O. The minimum Gasteiger partial charge on any atom is -0.305 e. The van der Waals surface area contributed by atoms with Crippen LogP contribution in [0.2, 0.25) is 0 Å². The van der Waals surface area contributed by atoms with Crippen molar-refractivity contribution in [3.63, 3.8) is 0 Å². The smallest absolute Gasteiger partial charge is 0.141 e. The van der Waals surface area contributed by atoms with Gasteiger partial charge in [0.05, 0.1) is 0 Å². The monoisotopic (exact) mass is 169 g/mol. The topological polar surface area (TPSA) is 20.3 Å². The van der Waals surface area contributed by atoms with Crippen LogP contribution < -0.4 is 0 Å². The minimum absolute atomic E-state index is 0.300. The van der Waals surface area contributed by atoms with E-state index >= 15 is 0 Å². The van der Waals surface area contributed by atoms with Crippen LogP contribution in [0, 0.1) is 11.8 Å². The highest BCUT2D eigenvalue weighted by molar-refractivity contribution is 5.84. The highest BCUT2D eigenvalue weighted by Gasteiger charge is 2.31. The van der Waals surface area contributed by atoms with Crippen molar-refractivity contribution < 1.29 is 4.79 Å². The van der Waals surface area contributed by atoms with Crippen LogP contribution in [-0.4, -0.2) is 30.8 Å². The molecule has 2 heteroatoms. The van der Waals surface area contributed by atoms with Crippen molar-refractivity contribution in [1.29, 1.82) is 0 Å². The van der Waals surface area contributed by atoms with Gasteiger partial charge in [0.25, 0.3) is 0 Å². The van der Waals surface area contributed by atoms with Crippen LogP contribution in [0.15, 0.2) is 0 Å². The normalized spacial score (nSPS) is 32.4. The largest absolute Gasteiger partial charge is 0.305 e. The van der Waals surface area contributed by atoms with Crippen molar-refractivity contribution in [2.45, 2.75) is 26.7 Å². The zero-order chi connectivity index (χ0) is 9.14. The van der Waals surface area contributed by atoms with Crippen molar-refractivity contribution in [1.82, 2.24) is 4.90 Å². The predicted octanol–water partition coefficient (Wildman–Crippen LogP) is 1.55. The average Bonchev–Trinajstić information content (AvgIpc) is 2.08. The third-order valence-electron chi connectivity index (χ3n) is 2.85. The summed E-state index contributed by atoms with van der Waals surface area (Å²) in [6.07, 6.45) is 2.00. The summed E-state index contributed by atoms with van der Waals surface area (Å²) in [5, 5.41) is 0. The van der Waals surface area contributed by atoms with Gasteiger partial charge in [0, 0.05) is 24.9 Å². The summed E-state index contributed by atoms with van der Waals surface area (Å²) in [5.41, 5.74) is 0. The Bertz CT molecular complexity index is 151. The number of rotatable bonds is 2. The minimum atomic E-state index is 0.300. The zero-order valence-corrected chi connectivity index (χ0v) is 8.34. The molecule has 70 valence electrons. The molecule has 1 saturated heterocycles. The van der Waals surface area contributed by atoms with Gasteiger partial charge in [-0.2, -0.15) is 0 Å². The van der Waals surface area contributed by atoms with Gasteiger partial charge >= 0.3 is 0 Å². The molecule has 0 N–H and O–H groups in total. The number of piperidine rings is 1. The molecule has 1 aliphatic rings. The second-order valence-electron chi connectivity index (χ2n) is 3.83. The van der Waals surface area contributed by atoms with Crippen LogP contribution in [-0.2, 0) is 4.79 Å². The van der Waals surface area contributed by atoms with Gasteiger partial charge in [-0.1, -0.05) is 13.8 Å². The summed E-state index contributed by atoms with van der Waals surface area (Å²) in [7, 11) is 2.11. The predicted molar refractivity (Wildman–Crippen MR) is 50.1 cm³/mol. The Morgan fingerprint density at radius 3 is 2.00 bits per heavy atom. The van der Waals surface area contributed by atoms with Crippen molar-refractivity contribution in [2.24, 2.45) is 11.8 Å². The van der Waals surface area contributed by atoms with Gasteiger partial charge in [-0.15, -0.1) is 0 Å². The van der Waals surface area contributed by atoms with Crippen molar-refractivity contribution >= 4 is 5.78 Å². The molecule has 2 atom stereocenters. The molecule has 1 rings (SSSR count). The number of hydrogen-bond donors (Lipinski definition) is 0. The summed E-state index contributed by atoms with van der Waals surface area (Å²) in [4.78, 5) is 14.0. The molecule has 0 aromatic heterocycles. The molecule has 1 aliphatic heterocycles. The molecule has 0 bridgehead atoms. The van der Waals surface area contributed by atoms with Gasteiger partial charge in [0.2, 0.25) is 0 Å². The number of Topliss-reactive ketones (excluding diaryl/α,β-unsaturated/α-hetero) is 1.